The molecule has 0 bridgehead atoms. The predicted molar refractivity (Wildman–Crippen MR) is 185 cm³/mol. The first-order chi connectivity index (χ1) is 26.2. The highest BCUT2D eigenvalue weighted by molar-refractivity contribution is 5.95. The number of nitrogens with zero attached hydrogens (tertiary/aromatic N) is 2. The lowest BCUT2D eigenvalue weighted by molar-refractivity contribution is -0.757. The third kappa shape index (κ3) is 8.53. The van der Waals surface area contributed by atoms with Crippen molar-refractivity contribution >= 4 is 35.4 Å². The summed E-state index contributed by atoms with van der Waals surface area (Å²) in [5.74, 6) is -8.02. The lowest BCUT2D eigenvalue weighted by atomic mass is 9.45. The quantitative estimate of drug-likeness (QED) is 0.0525. The number of aliphatic hydroxyl groups is 1. The van der Waals surface area contributed by atoms with Crippen LogP contribution in [0.3, 0.4) is 0 Å². The molecule has 0 aromatic carbocycles. The van der Waals surface area contributed by atoms with Crippen LogP contribution in [0.25, 0.3) is 0 Å². The molecule has 0 saturated heterocycles. The lowest BCUT2D eigenvalue weighted by Crippen LogP contribution is -2.69. The van der Waals surface area contributed by atoms with E-state index in [0.717, 1.165) is 0 Å². The number of rotatable bonds is 20. The number of hydrogen-bond acceptors (Lipinski definition) is 15. The standard InChI is InChI=1S/C36H48FN3O16/c1-21-16-25-24-11-10-22-17-23(41)12-13-33(22,2)35(24,37)27(42)19-34(25,3)36(21,56-30(45)9-7-15-55-40(51)52)28(43)20-53-31(46)18-26(32(47)48)38-29(44)8-5-4-6-14-54-39(49)50/h10,12-13,21,24-27,42H,4-9,11,14-20H2,1-3H3,(H,38,44)(H,47,48)/t21-,24?,25?,26?,27+,33+,34+,35+,36+/m1/s1. The SMILES string of the molecule is C[C@@H]1CC2C3CC=C4CC(=O)C=C[C@]4(C)[C@@]3(F)[C@@H](O)C[C@]2(C)[C@@]1(OC(=O)CCCO[N+](=O)[O-])C(=O)COC(=O)CC(NC(=O)CCCCCO[N+](=O)[O-])C(=O)O. The van der Waals surface area contributed by atoms with E-state index in [1.807, 2.05) is 0 Å². The van der Waals surface area contributed by atoms with Crippen LogP contribution in [0.4, 0.5) is 4.39 Å². The molecule has 3 unspecified atom stereocenters. The molecule has 4 aliphatic rings. The van der Waals surface area contributed by atoms with E-state index in [2.05, 4.69) is 15.0 Å². The number of halogens is 1. The zero-order valence-electron chi connectivity index (χ0n) is 31.4. The van der Waals surface area contributed by atoms with Crippen LogP contribution >= 0.6 is 0 Å². The van der Waals surface area contributed by atoms with E-state index in [1.54, 1.807) is 26.8 Å². The van der Waals surface area contributed by atoms with Gasteiger partial charge in [-0.15, -0.1) is 20.2 Å². The van der Waals surface area contributed by atoms with Gasteiger partial charge in [0.15, 0.2) is 23.7 Å². The van der Waals surface area contributed by atoms with E-state index in [-0.39, 0.29) is 63.8 Å². The van der Waals surface area contributed by atoms with Gasteiger partial charge in [-0.2, -0.15) is 0 Å². The smallest absolute Gasteiger partial charge is 0.326 e. The first-order valence-corrected chi connectivity index (χ1v) is 18.5. The average molecular weight is 798 g/mol. The molecular formula is C36H48FN3O16. The van der Waals surface area contributed by atoms with Gasteiger partial charge in [-0.05, 0) is 57.4 Å². The first kappa shape index (κ1) is 43.7. The molecule has 0 aromatic rings. The minimum Gasteiger partial charge on any atom is -0.480 e. The molecule has 20 heteroatoms. The molecular weight excluding hydrogens is 749 g/mol. The normalized spacial score (nSPS) is 32.0. The van der Waals surface area contributed by atoms with Crippen molar-refractivity contribution in [2.75, 3.05) is 19.8 Å². The van der Waals surface area contributed by atoms with Gasteiger partial charge in [-0.3, -0.25) is 24.0 Å². The van der Waals surface area contributed by atoms with Crippen molar-refractivity contribution in [2.45, 2.75) is 115 Å². The van der Waals surface area contributed by atoms with Crippen LogP contribution in [0.15, 0.2) is 23.8 Å². The van der Waals surface area contributed by atoms with Gasteiger partial charge in [0.1, 0.15) is 6.04 Å². The van der Waals surface area contributed by atoms with Crippen molar-refractivity contribution in [3.8, 4) is 0 Å². The van der Waals surface area contributed by atoms with Gasteiger partial charge in [0.2, 0.25) is 11.7 Å². The molecule has 4 aliphatic carbocycles. The fourth-order valence-electron chi connectivity index (χ4n) is 9.54. The maximum Gasteiger partial charge on any atom is 0.326 e. The third-order valence-electron chi connectivity index (χ3n) is 12.2. The molecule has 2 fully saturated rings. The number of hydrogen-bond donors (Lipinski definition) is 3. The summed E-state index contributed by atoms with van der Waals surface area (Å²) in [6.45, 7) is 3.17. The molecule has 2 saturated carbocycles. The third-order valence-corrected chi connectivity index (χ3v) is 12.2. The molecule has 56 heavy (non-hydrogen) atoms. The number of nitrogens with one attached hydrogen (secondary N) is 1. The van der Waals surface area contributed by atoms with E-state index < -0.39 is 118 Å². The number of fused-ring (bicyclic) bond motifs is 5. The second kappa shape index (κ2) is 17.4. The zero-order chi connectivity index (χ0) is 41.6. The summed E-state index contributed by atoms with van der Waals surface area (Å²) in [6.07, 6.45) is 1.91. The van der Waals surface area contributed by atoms with E-state index in [9.17, 15) is 59.2 Å². The molecule has 1 amide bonds. The Kier molecular flexibility index (Phi) is 13.6. The number of ether oxygens (including phenoxy) is 2. The Bertz CT molecular complexity index is 1670. The Balaban J connectivity index is 1.54. The van der Waals surface area contributed by atoms with E-state index in [4.69, 9.17) is 9.47 Å². The van der Waals surface area contributed by atoms with E-state index >= 15 is 4.39 Å². The number of carboxylic acid groups (broad SMARTS) is 1. The zero-order valence-corrected chi connectivity index (χ0v) is 31.4. The highest BCUT2D eigenvalue weighted by atomic mass is 19.1. The minimum atomic E-state index is -2.28. The van der Waals surface area contributed by atoms with Gasteiger partial charge >= 0.3 is 17.9 Å². The number of unbranched alkanes of at least 4 members (excludes halogenated alkanes) is 2. The van der Waals surface area contributed by atoms with Crippen LogP contribution in [-0.4, -0.2) is 99.0 Å². The summed E-state index contributed by atoms with van der Waals surface area (Å²) in [4.78, 5) is 107. The van der Waals surface area contributed by atoms with Crippen molar-refractivity contribution in [1.29, 1.82) is 0 Å². The van der Waals surface area contributed by atoms with Gasteiger partial charge in [-0.1, -0.05) is 38.0 Å². The summed E-state index contributed by atoms with van der Waals surface area (Å²) in [5.41, 5.74) is -6.67. The Labute approximate surface area is 320 Å². The van der Waals surface area contributed by atoms with Crippen LogP contribution in [0.2, 0.25) is 0 Å². The Morgan fingerprint density at radius 1 is 1.00 bits per heavy atom. The topological polar surface area (TPSA) is 278 Å². The summed E-state index contributed by atoms with van der Waals surface area (Å²) in [5, 5.41) is 42.5. The number of aliphatic hydroxyl groups excluding tert-OH is 1. The van der Waals surface area contributed by atoms with Crippen LogP contribution in [0.5, 0.6) is 0 Å². The number of carboxylic acids is 1. The number of carbonyl (C=O) groups excluding carboxylic acids is 5. The number of Topliss-reactive ketones (excluding diaryl/α,β-unsaturated/α-hetero) is 1. The van der Waals surface area contributed by atoms with E-state index in [0.29, 0.717) is 12.0 Å². The van der Waals surface area contributed by atoms with Gasteiger partial charge < -0.3 is 34.7 Å². The number of carbonyl (C=O) groups is 6. The van der Waals surface area contributed by atoms with Crippen LogP contribution < -0.4 is 5.32 Å². The van der Waals surface area contributed by atoms with Crippen molar-refractivity contribution in [1.82, 2.24) is 5.32 Å². The van der Waals surface area contributed by atoms with E-state index in [1.165, 1.54) is 12.2 Å². The Hall–Kier alpha value is -5.01. The molecule has 310 valence electrons. The second-order valence-electron chi connectivity index (χ2n) is 15.4. The number of allylic oxidation sites excluding steroid dienone is 4. The van der Waals surface area contributed by atoms with Crippen molar-refractivity contribution in [3.63, 3.8) is 0 Å². The minimum absolute atomic E-state index is 0.0158. The highest BCUT2D eigenvalue weighted by Crippen LogP contribution is 2.71. The van der Waals surface area contributed by atoms with Gasteiger partial charge in [0, 0.05) is 41.9 Å². The maximum atomic E-state index is 17.8. The first-order valence-electron chi connectivity index (χ1n) is 18.5. The fraction of sp³-hybridized carbons (Fsp3) is 0.722. The Morgan fingerprint density at radius 3 is 2.30 bits per heavy atom. The van der Waals surface area contributed by atoms with Crippen LogP contribution in [0.1, 0.15) is 91.4 Å². The molecule has 0 aromatic heterocycles. The fourth-order valence-corrected chi connectivity index (χ4v) is 9.54. The summed E-state index contributed by atoms with van der Waals surface area (Å²) in [7, 11) is 0. The van der Waals surface area contributed by atoms with Gasteiger partial charge in [0.25, 0.3) is 10.2 Å². The number of alkyl halides is 1. The molecule has 0 aliphatic heterocycles. The average Bonchev–Trinajstić information content (AvgIpc) is 3.33. The van der Waals surface area contributed by atoms with Crippen molar-refractivity contribution in [2.24, 2.45) is 28.6 Å². The highest BCUT2D eigenvalue weighted by Gasteiger charge is 2.77. The monoisotopic (exact) mass is 797 g/mol. The summed E-state index contributed by atoms with van der Waals surface area (Å²) in [6, 6.07) is -1.75. The number of esters is 2. The predicted octanol–water partition coefficient (Wildman–Crippen LogP) is 2.71. The lowest BCUT2D eigenvalue weighted by Gasteiger charge is -2.62. The van der Waals surface area contributed by atoms with Crippen molar-refractivity contribution < 1.29 is 72.7 Å². The molecule has 19 nitrogen and oxygen atoms in total. The molecule has 0 heterocycles. The molecule has 0 spiro atoms. The maximum absolute atomic E-state index is 17.8. The number of amides is 1. The second-order valence-corrected chi connectivity index (χ2v) is 15.4. The van der Waals surface area contributed by atoms with Gasteiger partial charge in [-0.25, -0.2) is 9.18 Å². The summed E-state index contributed by atoms with van der Waals surface area (Å²) < 4.78 is 29.0. The Morgan fingerprint density at radius 2 is 1.66 bits per heavy atom. The molecule has 9 atom stereocenters. The largest absolute Gasteiger partial charge is 0.480 e. The molecule has 4 rings (SSSR count). The summed E-state index contributed by atoms with van der Waals surface area (Å²) >= 11 is 0. The number of aliphatic carboxylic acids is 1. The molecule has 3 N–H and O–H groups in total. The van der Waals surface area contributed by atoms with Crippen molar-refractivity contribution in [3.05, 3.63) is 44.0 Å². The molecule has 0 radical (unpaired) electrons. The van der Waals surface area contributed by atoms with Crippen LogP contribution in [-0.2, 0) is 47.9 Å². The van der Waals surface area contributed by atoms with Crippen LogP contribution in [0, 0.1) is 48.8 Å². The van der Waals surface area contributed by atoms with Gasteiger partial charge in [0.05, 0.1) is 25.7 Å². The number of ketones is 2.